The van der Waals surface area contributed by atoms with Crippen molar-refractivity contribution in [3.05, 3.63) is 36.2 Å². The van der Waals surface area contributed by atoms with Gasteiger partial charge in [-0.2, -0.15) is 0 Å². The van der Waals surface area contributed by atoms with Crippen LogP contribution in [-0.2, 0) is 11.2 Å². The van der Waals surface area contributed by atoms with Crippen LogP contribution >= 0.6 is 11.8 Å². The number of aromatic nitrogens is 3. The number of nitrogens with zero attached hydrogens (tertiary/aromatic N) is 4. The van der Waals surface area contributed by atoms with Crippen LogP contribution in [0.25, 0.3) is 5.69 Å². The molecule has 1 aromatic carbocycles. The number of amides is 1. The zero-order valence-electron chi connectivity index (χ0n) is 18.0. The number of para-hydroxylation sites is 1. The van der Waals surface area contributed by atoms with E-state index in [1.807, 2.05) is 16.7 Å². The summed E-state index contributed by atoms with van der Waals surface area (Å²) in [5.74, 6) is 1.84. The molecule has 3 atom stereocenters. The molecule has 3 rings (SSSR count). The van der Waals surface area contributed by atoms with E-state index in [1.165, 1.54) is 23.7 Å². The minimum atomic E-state index is 0.0407. The summed E-state index contributed by atoms with van der Waals surface area (Å²) in [6, 6.07) is 8.37. The van der Waals surface area contributed by atoms with Gasteiger partial charge in [0.05, 0.1) is 11.4 Å². The largest absolute Gasteiger partial charge is 0.352 e. The molecule has 1 fully saturated rings. The number of hydrogen-bond acceptors (Lipinski definition) is 5. The number of aryl methyl sites for hydroxylation is 1. The summed E-state index contributed by atoms with van der Waals surface area (Å²) in [4.78, 5) is 15.0. The highest BCUT2D eigenvalue weighted by molar-refractivity contribution is 7.99. The zero-order valence-corrected chi connectivity index (χ0v) is 18.8. The summed E-state index contributed by atoms with van der Waals surface area (Å²) >= 11 is 1.43. The van der Waals surface area contributed by atoms with Gasteiger partial charge in [-0.15, -0.1) is 10.2 Å². The number of carbonyl (C=O) groups is 1. The standard InChI is InChI=1S/C22H33N5OS/c1-5-19-8-6-7-9-20(19)27-15-23-25-22(27)29-14-21(28)24-18(4)13-26-11-16(2)10-17(3)12-26/h6-9,15-18H,5,10-14H2,1-4H3,(H,24,28). The van der Waals surface area contributed by atoms with Crippen LogP contribution < -0.4 is 5.32 Å². The lowest BCUT2D eigenvalue weighted by molar-refractivity contribution is -0.119. The molecule has 3 unspecified atom stereocenters. The van der Waals surface area contributed by atoms with Crippen molar-refractivity contribution in [1.82, 2.24) is 25.0 Å². The summed E-state index contributed by atoms with van der Waals surface area (Å²) in [6.45, 7) is 12.0. The molecule has 1 amide bonds. The van der Waals surface area contributed by atoms with Gasteiger partial charge in [0.1, 0.15) is 6.33 Å². The molecule has 7 heteroatoms. The van der Waals surface area contributed by atoms with E-state index in [1.54, 1.807) is 6.33 Å². The SMILES string of the molecule is CCc1ccccc1-n1cnnc1SCC(=O)NC(C)CN1CC(C)CC(C)C1. The average molecular weight is 416 g/mol. The van der Waals surface area contributed by atoms with Crippen molar-refractivity contribution in [3.8, 4) is 5.69 Å². The maximum absolute atomic E-state index is 12.5. The predicted molar refractivity (Wildman–Crippen MR) is 118 cm³/mol. The number of piperidine rings is 1. The van der Waals surface area contributed by atoms with Crippen LogP contribution in [0.1, 0.15) is 39.7 Å². The minimum Gasteiger partial charge on any atom is -0.352 e. The molecular formula is C22H33N5OS. The molecule has 0 bridgehead atoms. The fourth-order valence-electron chi connectivity index (χ4n) is 4.35. The summed E-state index contributed by atoms with van der Waals surface area (Å²) < 4.78 is 1.97. The van der Waals surface area contributed by atoms with E-state index in [4.69, 9.17) is 0 Å². The van der Waals surface area contributed by atoms with Crippen molar-refractivity contribution in [1.29, 1.82) is 0 Å². The monoisotopic (exact) mass is 415 g/mol. The predicted octanol–water partition coefficient (Wildman–Crippen LogP) is 3.40. The van der Waals surface area contributed by atoms with Gasteiger partial charge in [-0.1, -0.05) is 50.7 Å². The van der Waals surface area contributed by atoms with Crippen molar-refractivity contribution >= 4 is 17.7 Å². The molecule has 6 nitrogen and oxygen atoms in total. The number of carbonyl (C=O) groups excluding carboxylic acids is 1. The second-order valence-corrected chi connectivity index (χ2v) is 9.33. The van der Waals surface area contributed by atoms with Crippen molar-refractivity contribution < 1.29 is 4.79 Å². The maximum atomic E-state index is 12.5. The van der Waals surface area contributed by atoms with Gasteiger partial charge in [-0.3, -0.25) is 9.36 Å². The molecule has 1 saturated heterocycles. The fourth-order valence-corrected chi connectivity index (χ4v) is 5.09. The van der Waals surface area contributed by atoms with Crippen LogP contribution in [-0.4, -0.2) is 57.0 Å². The van der Waals surface area contributed by atoms with Crippen LogP contribution in [0, 0.1) is 11.8 Å². The molecule has 0 aliphatic carbocycles. The Bertz CT molecular complexity index is 798. The van der Waals surface area contributed by atoms with E-state index in [2.05, 4.69) is 60.2 Å². The first kappa shape index (κ1) is 21.8. The minimum absolute atomic E-state index is 0.0407. The number of likely N-dealkylation sites (tertiary alicyclic amines) is 1. The van der Waals surface area contributed by atoms with Crippen molar-refractivity contribution in [3.63, 3.8) is 0 Å². The van der Waals surface area contributed by atoms with Gasteiger partial charge in [0, 0.05) is 25.7 Å². The number of rotatable bonds is 8. The lowest BCUT2D eigenvalue weighted by Gasteiger charge is -2.36. The lowest BCUT2D eigenvalue weighted by Crippen LogP contribution is -2.47. The molecular weight excluding hydrogens is 382 g/mol. The molecule has 0 spiro atoms. The average Bonchev–Trinajstić information content (AvgIpc) is 3.13. The van der Waals surface area contributed by atoms with Crippen LogP contribution in [0.2, 0.25) is 0 Å². The van der Waals surface area contributed by atoms with E-state index in [9.17, 15) is 4.79 Å². The Kier molecular flexibility index (Phi) is 7.72. The lowest BCUT2D eigenvalue weighted by atomic mass is 9.92. The third-order valence-corrected chi connectivity index (χ3v) is 6.31. The van der Waals surface area contributed by atoms with Crippen LogP contribution in [0.15, 0.2) is 35.7 Å². The Morgan fingerprint density at radius 3 is 2.72 bits per heavy atom. The highest BCUT2D eigenvalue weighted by atomic mass is 32.2. The third-order valence-electron chi connectivity index (χ3n) is 5.36. The Morgan fingerprint density at radius 1 is 1.28 bits per heavy atom. The van der Waals surface area contributed by atoms with Gasteiger partial charge < -0.3 is 10.2 Å². The van der Waals surface area contributed by atoms with Crippen LogP contribution in [0.4, 0.5) is 0 Å². The van der Waals surface area contributed by atoms with E-state index in [0.717, 1.165) is 48.7 Å². The molecule has 29 heavy (non-hydrogen) atoms. The van der Waals surface area contributed by atoms with Crippen molar-refractivity contribution in [2.75, 3.05) is 25.4 Å². The molecule has 1 N–H and O–H groups in total. The first-order chi connectivity index (χ1) is 14.0. The summed E-state index contributed by atoms with van der Waals surface area (Å²) in [6.07, 6.45) is 3.95. The Labute approximate surface area is 178 Å². The first-order valence-electron chi connectivity index (χ1n) is 10.6. The van der Waals surface area contributed by atoms with Gasteiger partial charge >= 0.3 is 0 Å². The molecule has 1 aromatic heterocycles. The van der Waals surface area contributed by atoms with Gasteiger partial charge in [-0.25, -0.2) is 0 Å². The van der Waals surface area contributed by atoms with Crippen LogP contribution in [0.3, 0.4) is 0 Å². The van der Waals surface area contributed by atoms with Gasteiger partial charge in [0.25, 0.3) is 0 Å². The molecule has 2 aromatic rings. The molecule has 1 aliphatic heterocycles. The second kappa shape index (κ2) is 10.3. The molecule has 2 heterocycles. The molecule has 1 aliphatic rings. The molecule has 0 saturated carbocycles. The highest BCUT2D eigenvalue weighted by Gasteiger charge is 2.23. The van der Waals surface area contributed by atoms with E-state index in [0.29, 0.717) is 5.75 Å². The highest BCUT2D eigenvalue weighted by Crippen LogP contribution is 2.23. The number of hydrogen-bond donors (Lipinski definition) is 1. The van der Waals surface area contributed by atoms with Crippen molar-refractivity contribution in [2.24, 2.45) is 11.8 Å². The molecule has 0 radical (unpaired) electrons. The maximum Gasteiger partial charge on any atom is 0.230 e. The van der Waals surface area contributed by atoms with Gasteiger partial charge in [0.15, 0.2) is 5.16 Å². The number of thioether (sulfide) groups is 1. The number of benzene rings is 1. The zero-order chi connectivity index (χ0) is 20.8. The Balaban J connectivity index is 1.52. The Hall–Kier alpha value is -1.86. The van der Waals surface area contributed by atoms with E-state index in [-0.39, 0.29) is 11.9 Å². The van der Waals surface area contributed by atoms with Gasteiger partial charge in [0.2, 0.25) is 5.91 Å². The smallest absolute Gasteiger partial charge is 0.230 e. The molecule has 158 valence electrons. The summed E-state index contributed by atoms with van der Waals surface area (Å²) in [5, 5.41) is 12.2. The summed E-state index contributed by atoms with van der Waals surface area (Å²) in [7, 11) is 0. The second-order valence-electron chi connectivity index (χ2n) is 8.39. The third kappa shape index (κ3) is 6.06. The number of nitrogens with one attached hydrogen (secondary N) is 1. The van der Waals surface area contributed by atoms with E-state index >= 15 is 0 Å². The van der Waals surface area contributed by atoms with Crippen LogP contribution in [0.5, 0.6) is 0 Å². The van der Waals surface area contributed by atoms with E-state index < -0.39 is 0 Å². The fraction of sp³-hybridized carbons (Fsp3) is 0.591. The van der Waals surface area contributed by atoms with Crippen molar-refractivity contribution in [2.45, 2.75) is 51.7 Å². The Morgan fingerprint density at radius 2 is 2.00 bits per heavy atom. The van der Waals surface area contributed by atoms with Gasteiger partial charge in [-0.05, 0) is 43.2 Å². The normalized spacial score (nSPS) is 21.1. The summed E-state index contributed by atoms with van der Waals surface area (Å²) in [5.41, 5.74) is 2.31. The topological polar surface area (TPSA) is 63.1 Å². The quantitative estimate of drug-likeness (QED) is 0.670. The first-order valence-corrected chi connectivity index (χ1v) is 11.6.